The predicted molar refractivity (Wildman–Crippen MR) is 107 cm³/mol. The third-order valence-corrected chi connectivity index (χ3v) is 5.42. The normalized spacial score (nSPS) is 14.3. The van der Waals surface area contributed by atoms with E-state index in [1.54, 1.807) is 0 Å². The second-order valence-corrected chi connectivity index (χ2v) is 8.32. The third-order valence-electron chi connectivity index (χ3n) is 5.07. The molecule has 0 spiro atoms. The van der Waals surface area contributed by atoms with Crippen LogP contribution in [0.25, 0.3) is 0 Å². The fourth-order valence-electron chi connectivity index (χ4n) is 3.57. The molecule has 0 aromatic heterocycles. The summed E-state index contributed by atoms with van der Waals surface area (Å²) in [5.74, 6) is -0.398. The second kappa shape index (κ2) is 8.94. The molecule has 0 saturated heterocycles. The molecule has 0 amide bonds. The molecule has 1 atom stereocenters. The van der Waals surface area contributed by atoms with Crippen molar-refractivity contribution in [3.63, 3.8) is 0 Å². The molecule has 164 valence electrons. The molecule has 0 heterocycles. The van der Waals surface area contributed by atoms with E-state index in [1.807, 2.05) is 0 Å². The Morgan fingerprint density at radius 3 is 2.33 bits per heavy atom. The Hall–Kier alpha value is -2.12. The first-order valence-electron chi connectivity index (χ1n) is 9.17. The standard InChI is InChI=1S/C22H23ClF4O3/c1-20(2,17-11-16(24)6-7-19(17)30-3)13-21(29,22(25,26)27)12-15-5-4-14(8-9-28)10-18(15)23/h4-7,9-11,29H,8,12-13H2,1-3H3. The van der Waals surface area contributed by atoms with Crippen LogP contribution in [-0.4, -0.2) is 30.3 Å². The topological polar surface area (TPSA) is 46.5 Å². The molecule has 2 aromatic rings. The van der Waals surface area contributed by atoms with E-state index in [0.717, 1.165) is 12.1 Å². The van der Waals surface area contributed by atoms with Crippen molar-refractivity contribution in [3.05, 3.63) is 63.9 Å². The minimum absolute atomic E-state index is 0.0261. The highest BCUT2D eigenvalue weighted by Crippen LogP contribution is 2.45. The first kappa shape index (κ1) is 24.2. The molecule has 0 aliphatic heterocycles. The van der Waals surface area contributed by atoms with Crippen LogP contribution in [0.4, 0.5) is 17.6 Å². The number of aldehydes is 1. The van der Waals surface area contributed by atoms with Crippen LogP contribution in [0.1, 0.15) is 37.0 Å². The average Bonchev–Trinajstić information content (AvgIpc) is 2.63. The molecule has 0 radical (unpaired) electrons. The van der Waals surface area contributed by atoms with Gasteiger partial charge in [0.25, 0.3) is 0 Å². The molecule has 30 heavy (non-hydrogen) atoms. The van der Waals surface area contributed by atoms with E-state index >= 15 is 0 Å². The summed E-state index contributed by atoms with van der Waals surface area (Å²) in [6.45, 7) is 2.96. The van der Waals surface area contributed by atoms with E-state index in [1.165, 1.54) is 45.2 Å². The first-order chi connectivity index (χ1) is 13.8. The van der Waals surface area contributed by atoms with Gasteiger partial charge in [0, 0.05) is 23.4 Å². The van der Waals surface area contributed by atoms with Crippen molar-refractivity contribution in [2.24, 2.45) is 0 Å². The Bertz CT molecular complexity index is 912. The first-order valence-corrected chi connectivity index (χ1v) is 9.55. The number of aliphatic hydroxyl groups is 1. The predicted octanol–water partition coefficient (Wildman–Crippen LogP) is 5.43. The molecular weight excluding hydrogens is 424 g/mol. The Labute approximate surface area is 177 Å². The van der Waals surface area contributed by atoms with Crippen molar-refractivity contribution in [1.82, 2.24) is 0 Å². The van der Waals surface area contributed by atoms with Crippen LogP contribution < -0.4 is 4.74 Å². The molecule has 0 saturated carbocycles. The van der Waals surface area contributed by atoms with E-state index in [2.05, 4.69) is 0 Å². The summed E-state index contributed by atoms with van der Waals surface area (Å²) < 4.78 is 60.9. The highest BCUT2D eigenvalue weighted by Gasteiger charge is 2.56. The molecule has 2 aromatic carbocycles. The van der Waals surface area contributed by atoms with E-state index in [9.17, 15) is 27.5 Å². The number of hydrogen-bond donors (Lipinski definition) is 1. The highest BCUT2D eigenvalue weighted by molar-refractivity contribution is 6.31. The molecule has 0 fully saturated rings. The van der Waals surface area contributed by atoms with Gasteiger partial charge in [-0.3, -0.25) is 0 Å². The lowest BCUT2D eigenvalue weighted by atomic mass is 9.72. The van der Waals surface area contributed by atoms with Crippen LogP contribution in [0.2, 0.25) is 5.02 Å². The Balaban J connectivity index is 2.45. The van der Waals surface area contributed by atoms with Gasteiger partial charge in [0.1, 0.15) is 17.9 Å². The third kappa shape index (κ3) is 5.32. The number of alkyl halides is 3. The quantitative estimate of drug-likeness (QED) is 0.434. The average molecular weight is 447 g/mol. The van der Waals surface area contributed by atoms with Crippen molar-refractivity contribution in [2.45, 2.75) is 50.3 Å². The van der Waals surface area contributed by atoms with Gasteiger partial charge >= 0.3 is 6.18 Å². The van der Waals surface area contributed by atoms with E-state index in [4.69, 9.17) is 16.3 Å². The van der Waals surface area contributed by atoms with Crippen molar-refractivity contribution in [1.29, 1.82) is 0 Å². The number of benzene rings is 2. The Morgan fingerprint density at radius 2 is 1.80 bits per heavy atom. The van der Waals surface area contributed by atoms with Crippen molar-refractivity contribution in [2.75, 3.05) is 7.11 Å². The van der Waals surface area contributed by atoms with E-state index in [0.29, 0.717) is 11.8 Å². The van der Waals surface area contributed by atoms with Gasteiger partial charge in [-0.25, -0.2) is 4.39 Å². The SMILES string of the molecule is COc1ccc(F)cc1C(C)(C)CC(O)(Cc1ccc(CC=O)cc1Cl)C(F)(F)F. The zero-order valence-electron chi connectivity index (χ0n) is 16.8. The number of rotatable bonds is 8. The van der Waals surface area contributed by atoms with Gasteiger partial charge in [0.15, 0.2) is 5.60 Å². The van der Waals surface area contributed by atoms with Gasteiger partial charge in [-0.15, -0.1) is 0 Å². The molecule has 3 nitrogen and oxygen atoms in total. The summed E-state index contributed by atoms with van der Waals surface area (Å²) in [5.41, 5.74) is -3.57. The van der Waals surface area contributed by atoms with Gasteiger partial charge in [0.05, 0.1) is 7.11 Å². The van der Waals surface area contributed by atoms with Crippen LogP contribution in [0, 0.1) is 5.82 Å². The van der Waals surface area contributed by atoms with Crippen molar-refractivity contribution >= 4 is 17.9 Å². The van der Waals surface area contributed by atoms with Crippen LogP contribution in [0.5, 0.6) is 5.75 Å². The minimum Gasteiger partial charge on any atom is -0.496 e. The maximum absolute atomic E-state index is 14.0. The molecule has 0 aliphatic carbocycles. The van der Waals surface area contributed by atoms with Crippen molar-refractivity contribution in [3.8, 4) is 5.75 Å². The molecule has 1 N–H and O–H groups in total. The fourth-order valence-corrected chi connectivity index (χ4v) is 3.84. The smallest absolute Gasteiger partial charge is 0.417 e. The molecule has 8 heteroatoms. The van der Waals surface area contributed by atoms with Crippen molar-refractivity contribution < 1.29 is 32.2 Å². The maximum Gasteiger partial charge on any atom is 0.417 e. The zero-order chi connectivity index (χ0) is 22.7. The number of carbonyl (C=O) groups excluding carboxylic acids is 1. The van der Waals surface area contributed by atoms with Gasteiger partial charge in [-0.1, -0.05) is 37.6 Å². The second-order valence-electron chi connectivity index (χ2n) is 7.91. The van der Waals surface area contributed by atoms with Gasteiger partial charge in [-0.2, -0.15) is 13.2 Å². The fraction of sp³-hybridized carbons (Fsp3) is 0.409. The summed E-state index contributed by atoms with van der Waals surface area (Å²) in [6.07, 6.45) is -5.79. The number of hydrogen-bond acceptors (Lipinski definition) is 3. The molecule has 2 rings (SSSR count). The summed E-state index contributed by atoms with van der Waals surface area (Å²) >= 11 is 6.11. The van der Waals surface area contributed by atoms with Crippen LogP contribution in [-0.2, 0) is 23.1 Å². The lowest BCUT2D eigenvalue weighted by Gasteiger charge is -2.38. The number of carbonyl (C=O) groups is 1. The van der Waals surface area contributed by atoms with E-state index < -0.39 is 35.9 Å². The minimum atomic E-state index is -4.98. The Morgan fingerprint density at radius 1 is 1.13 bits per heavy atom. The number of ether oxygens (including phenoxy) is 1. The molecule has 0 aliphatic rings. The largest absolute Gasteiger partial charge is 0.496 e. The number of halogens is 5. The summed E-state index contributed by atoms with van der Waals surface area (Å²) in [7, 11) is 1.34. The summed E-state index contributed by atoms with van der Waals surface area (Å²) in [5, 5.41) is 10.8. The Kier molecular flexibility index (Phi) is 7.20. The van der Waals surface area contributed by atoms with Gasteiger partial charge in [-0.05, 0) is 47.2 Å². The zero-order valence-corrected chi connectivity index (χ0v) is 17.6. The van der Waals surface area contributed by atoms with Gasteiger partial charge < -0.3 is 14.6 Å². The highest BCUT2D eigenvalue weighted by atomic mass is 35.5. The van der Waals surface area contributed by atoms with Crippen LogP contribution in [0.15, 0.2) is 36.4 Å². The lowest BCUT2D eigenvalue weighted by Crippen LogP contribution is -2.51. The number of methoxy groups -OCH3 is 1. The maximum atomic E-state index is 14.0. The molecule has 0 bridgehead atoms. The lowest BCUT2D eigenvalue weighted by molar-refractivity contribution is -0.266. The summed E-state index contributed by atoms with van der Waals surface area (Å²) in [6, 6.07) is 7.86. The monoisotopic (exact) mass is 446 g/mol. The molecular formula is C22H23ClF4O3. The van der Waals surface area contributed by atoms with E-state index in [-0.39, 0.29) is 28.3 Å². The summed E-state index contributed by atoms with van der Waals surface area (Å²) in [4.78, 5) is 10.6. The molecule has 1 unspecified atom stereocenters. The van der Waals surface area contributed by atoms with Crippen LogP contribution >= 0.6 is 11.6 Å². The van der Waals surface area contributed by atoms with Gasteiger partial charge in [0.2, 0.25) is 0 Å². The van der Waals surface area contributed by atoms with Crippen LogP contribution in [0.3, 0.4) is 0 Å².